The third-order valence-electron chi connectivity index (χ3n) is 4.30. The molecule has 1 aliphatic carbocycles. The van der Waals surface area contributed by atoms with Gasteiger partial charge < -0.3 is 15.0 Å². The van der Waals surface area contributed by atoms with Crippen LogP contribution in [0.1, 0.15) is 23.2 Å². The molecule has 19 heavy (non-hydrogen) atoms. The Morgan fingerprint density at radius 3 is 3.16 bits per heavy atom. The van der Waals surface area contributed by atoms with Crippen molar-refractivity contribution in [3.63, 3.8) is 0 Å². The highest BCUT2D eigenvalue weighted by Gasteiger charge is 2.40. The van der Waals surface area contributed by atoms with Gasteiger partial charge >= 0.3 is 0 Å². The van der Waals surface area contributed by atoms with Crippen molar-refractivity contribution in [1.29, 1.82) is 0 Å². The van der Waals surface area contributed by atoms with Crippen LogP contribution < -0.4 is 10.6 Å². The molecule has 0 radical (unpaired) electrons. The minimum absolute atomic E-state index is 0.00921. The molecule has 98 valence electrons. The van der Waals surface area contributed by atoms with E-state index in [4.69, 9.17) is 0 Å². The van der Waals surface area contributed by atoms with Crippen molar-refractivity contribution in [2.75, 3.05) is 6.54 Å². The number of imidazole rings is 1. The van der Waals surface area contributed by atoms with E-state index in [1.165, 1.54) is 6.42 Å². The first-order valence-electron chi connectivity index (χ1n) is 6.76. The van der Waals surface area contributed by atoms with Gasteiger partial charge in [0.15, 0.2) is 0 Å². The zero-order valence-electron chi connectivity index (χ0n) is 10.5. The molecule has 1 saturated heterocycles. The summed E-state index contributed by atoms with van der Waals surface area (Å²) in [5, 5.41) is 6.61. The Morgan fingerprint density at radius 2 is 2.37 bits per heavy atom. The zero-order chi connectivity index (χ0) is 12.8. The molecule has 2 aromatic heterocycles. The van der Waals surface area contributed by atoms with E-state index in [1.807, 2.05) is 28.9 Å². The van der Waals surface area contributed by atoms with Gasteiger partial charge in [-0.15, -0.1) is 0 Å². The highest BCUT2D eigenvalue weighted by molar-refractivity contribution is 5.94. The Bertz CT molecular complexity index is 635. The molecule has 2 aliphatic rings. The van der Waals surface area contributed by atoms with Crippen molar-refractivity contribution in [3.05, 3.63) is 36.3 Å². The zero-order valence-corrected chi connectivity index (χ0v) is 10.5. The van der Waals surface area contributed by atoms with Crippen molar-refractivity contribution in [2.45, 2.75) is 24.9 Å². The highest BCUT2D eigenvalue weighted by atomic mass is 16.1. The number of rotatable bonds is 2. The molecule has 2 fully saturated rings. The van der Waals surface area contributed by atoms with E-state index in [-0.39, 0.29) is 11.9 Å². The van der Waals surface area contributed by atoms with Gasteiger partial charge in [-0.05, 0) is 37.4 Å². The molecule has 1 amide bonds. The fourth-order valence-electron chi connectivity index (χ4n) is 3.32. The molecule has 0 unspecified atom stereocenters. The van der Waals surface area contributed by atoms with Gasteiger partial charge in [0.25, 0.3) is 5.91 Å². The van der Waals surface area contributed by atoms with E-state index >= 15 is 0 Å². The molecule has 5 heteroatoms. The third kappa shape index (κ3) is 1.81. The quantitative estimate of drug-likeness (QED) is 0.836. The largest absolute Gasteiger partial charge is 0.348 e. The fourth-order valence-corrected chi connectivity index (χ4v) is 3.32. The third-order valence-corrected chi connectivity index (χ3v) is 4.30. The summed E-state index contributed by atoms with van der Waals surface area (Å²) in [5.41, 5.74) is 1.55. The average molecular weight is 256 g/mol. The van der Waals surface area contributed by atoms with E-state index in [0.717, 1.165) is 24.5 Å². The Balaban J connectivity index is 1.53. The van der Waals surface area contributed by atoms with E-state index in [0.29, 0.717) is 11.6 Å². The second kappa shape index (κ2) is 4.06. The van der Waals surface area contributed by atoms with E-state index in [1.54, 1.807) is 6.20 Å². The van der Waals surface area contributed by atoms with Crippen LogP contribution in [0.4, 0.5) is 0 Å². The Labute approximate surface area is 111 Å². The standard InChI is InChI=1S/C14H16N4O/c19-14(17-12-6-9-5-11(12)16-7-9)10-1-2-13-15-3-4-18(13)8-10/h1-4,8-9,11-12,16H,5-7H2,(H,17,19)/t9-,11-,12+/m1/s1. The maximum absolute atomic E-state index is 12.3. The maximum Gasteiger partial charge on any atom is 0.253 e. The average Bonchev–Trinajstić information content (AvgIpc) is 3.13. The Hall–Kier alpha value is -1.88. The molecule has 5 nitrogen and oxygen atoms in total. The molecule has 3 heterocycles. The number of nitrogens with one attached hydrogen (secondary N) is 2. The number of hydrogen-bond acceptors (Lipinski definition) is 3. The number of piperidine rings is 1. The molecule has 1 saturated carbocycles. The molecular formula is C14H16N4O. The summed E-state index contributed by atoms with van der Waals surface area (Å²) in [7, 11) is 0. The molecule has 0 spiro atoms. The monoisotopic (exact) mass is 256 g/mol. The molecule has 2 N–H and O–H groups in total. The van der Waals surface area contributed by atoms with Gasteiger partial charge in [-0.2, -0.15) is 0 Å². The first-order chi connectivity index (χ1) is 9.29. The summed E-state index contributed by atoms with van der Waals surface area (Å²) in [6.07, 6.45) is 7.72. The number of amides is 1. The van der Waals surface area contributed by atoms with Gasteiger partial charge in [0, 0.05) is 30.7 Å². The number of carbonyl (C=O) groups excluding carboxylic acids is 1. The van der Waals surface area contributed by atoms with Gasteiger partial charge in [-0.1, -0.05) is 0 Å². The van der Waals surface area contributed by atoms with E-state index in [9.17, 15) is 4.79 Å². The van der Waals surface area contributed by atoms with Gasteiger partial charge in [0.05, 0.1) is 5.56 Å². The fraction of sp³-hybridized carbons (Fsp3) is 0.429. The van der Waals surface area contributed by atoms with Crippen LogP contribution in [0.3, 0.4) is 0 Å². The SMILES string of the molecule is O=C(N[C@H]1C[C@@H]2CN[C@@H]1C2)c1ccc2nccn2c1. The van der Waals surface area contributed by atoms with Gasteiger partial charge in [0.1, 0.15) is 5.65 Å². The molecule has 3 atom stereocenters. The lowest BCUT2D eigenvalue weighted by molar-refractivity contribution is 0.0928. The van der Waals surface area contributed by atoms with Crippen LogP contribution in [0.15, 0.2) is 30.7 Å². The van der Waals surface area contributed by atoms with Crippen molar-refractivity contribution >= 4 is 11.6 Å². The predicted molar refractivity (Wildman–Crippen MR) is 71.0 cm³/mol. The lowest BCUT2D eigenvalue weighted by Crippen LogP contribution is -2.47. The number of nitrogens with zero attached hydrogens (tertiary/aromatic N) is 2. The summed E-state index contributed by atoms with van der Waals surface area (Å²) in [5.74, 6) is 0.751. The first kappa shape index (κ1) is 11.0. The first-order valence-corrected chi connectivity index (χ1v) is 6.76. The maximum atomic E-state index is 12.3. The summed E-state index contributed by atoms with van der Waals surface area (Å²) in [4.78, 5) is 16.4. The van der Waals surface area contributed by atoms with Crippen molar-refractivity contribution in [1.82, 2.24) is 20.0 Å². The summed E-state index contributed by atoms with van der Waals surface area (Å²) in [6, 6.07) is 4.45. The van der Waals surface area contributed by atoms with Crippen LogP contribution in [0.5, 0.6) is 0 Å². The van der Waals surface area contributed by atoms with Gasteiger partial charge in [-0.3, -0.25) is 4.79 Å². The predicted octanol–water partition coefficient (Wildman–Crippen LogP) is 0.814. The van der Waals surface area contributed by atoms with E-state index in [2.05, 4.69) is 15.6 Å². The van der Waals surface area contributed by atoms with Crippen LogP contribution in [0, 0.1) is 5.92 Å². The number of pyridine rings is 1. The second-order valence-electron chi connectivity index (χ2n) is 5.54. The smallest absolute Gasteiger partial charge is 0.253 e. The molecule has 2 aromatic rings. The van der Waals surface area contributed by atoms with Crippen LogP contribution in [-0.4, -0.2) is 33.9 Å². The molecule has 0 aromatic carbocycles. The normalized spacial score (nSPS) is 28.9. The number of fused-ring (bicyclic) bond motifs is 3. The summed E-state index contributed by atoms with van der Waals surface area (Å²) >= 11 is 0. The molecular weight excluding hydrogens is 240 g/mol. The number of carbonyl (C=O) groups is 1. The van der Waals surface area contributed by atoms with E-state index < -0.39 is 0 Å². The van der Waals surface area contributed by atoms with Crippen LogP contribution in [0.2, 0.25) is 0 Å². The van der Waals surface area contributed by atoms with Crippen LogP contribution >= 0.6 is 0 Å². The lowest BCUT2D eigenvalue weighted by Gasteiger charge is -2.23. The summed E-state index contributed by atoms with van der Waals surface area (Å²) in [6.45, 7) is 1.11. The number of hydrogen-bond donors (Lipinski definition) is 2. The van der Waals surface area contributed by atoms with Crippen molar-refractivity contribution in [3.8, 4) is 0 Å². The van der Waals surface area contributed by atoms with Crippen LogP contribution in [-0.2, 0) is 0 Å². The molecule has 4 rings (SSSR count). The van der Waals surface area contributed by atoms with Crippen molar-refractivity contribution in [2.24, 2.45) is 5.92 Å². The topological polar surface area (TPSA) is 58.4 Å². The highest BCUT2D eigenvalue weighted by Crippen LogP contribution is 2.31. The van der Waals surface area contributed by atoms with Crippen LogP contribution in [0.25, 0.3) is 5.65 Å². The molecule has 2 bridgehead atoms. The Kier molecular flexibility index (Phi) is 2.35. The Morgan fingerprint density at radius 1 is 1.42 bits per heavy atom. The van der Waals surface area contributed by atoms with Gasteiger partial charge in [0.2, 0.25) is 0 Å². The lowest BCUT2D eigenvalue weighted by atomic mass is 10.1. The second-order valence-corrected chi connectivity index (χ2v) is 5.54. The van der Waals surface area contributed by atoms with Crippen molar-refractivity contribution < 1.29 is 4.79 Å². The minimum atomic E-state index is 0.00921. The molecule has 1 aliphatic heterocycles. The summed E-state index contributed by atoms with van der Waals surface area (Å²) < 4.78 is 1.87. The van der Waals surface area contributed by atoms with Gasteiger partial charge in [-0.25, -0.2) is 4.98 Å². The number of aromatic nitrogens is 2. The minimum Gasteiger partial charge on any atom is -0.348 e.